The highest BCUT2D eigenvalue weighted by molar-refractivity contribution is 9.09. The van der Waals surface area contributed by atoms with Gasteiger partial charge in [-0.2, -0.15) is 0 Å². The first-order chi connectivity index (χ1) is 8.29. The Labute approximate surface area is 110 Å². The van der Waals surface area contributed by atoms with Crippen LogP contribution < -0.4 is 5.32 Å². The van der Waals surface area contributed by atoms with Gasteiger partial charge in [0.05, 0.1) is 0 Å². The minimum atomic E-state index is 0.0208. The summed E-state index contributed by atoms with van der Waals surface area (Å²) in [6.45, 7) is 0. The average Bonchev–Trinajstić information content (AvgIpc) is 3.14. The number of halogens is 1. The van der Waals surface area contributed by atoms with E-state index in [1.165, 1.54) is 0 Å². The standard InChI is InChI=1S/C14H14BrNO/c15-10-2-1-3-11-4-6-12(7-5-11)14(17)16-13-8-9-13/h4-7,13H,2,8-10H2,(H,16,17). The predicted molar refractivity (Wildman–Crippen MR) is 72.2 cm³/mol. The number of alkyl halides is 1. The van der Waals surface area contributed by atoms with E-state index in [0.717, 1.165) is 30.2 Å². The van der Waals surface area contributed by atoms with Crippen LogP contribution in [-0.4, -0.2) is 17.3 Å². The van der Waals surface area contributed by atoms with Crippen molar-refractivity contribution in [2.75, 3.05) is 5.33 Å². The topological polar surface area (TPSA) is 29.1 Å². The largest absolute Gasteiger partial charge is 0.349 e. The summed E-state index contributed by atoms with van der Waals surface area (Å²) in [6.07, 6.45) is 3.06. The van der Waals surface area contributed by atoms with Gasteiger partial charge >= 0.3 is 0 Å². The highest BCUT2D eigenvalue weighted by Gasteiger charge is 2.23. The van der Waals surface area contributed by atoms with E-state index in [0.29, 0.717) is 11.6 Å². The second-order valence-corrected chi connectivity index (χ2v) is 4.86. The lowest BCUT2D eigenvalue weighted by Crippen LogP contribution is -2.25. The molecule has 1 saturated carbocycles. The van der Waals surface area contributed by atoms with Crippen LogP contribution in [0.4, 0.5) is 0 Å². The number of rotatable bonds is 3. The summed E-state index contributed by atoms with van der Waals surface area (Å²) in [5, 5.41) is 3.85. The minimum absolute atomic E-state index is 0.0208. The predicted octanol–water partition coefficient (Wildman–Crippen LogP) is 2.72. The zero-order chi connectivity index (χ0) is 12.1. The molecular weight excluding hydrogens is 278 g/mol. The van der Waals surface area contributed by atoms with Crippen molar-refractivity contribution < 1.29 is 4.79 Å². The maximum absolute atomic E-state index is 11.7. The van der Waals surface area contributed by atoms with Crippen molar-refractivity contribution in [1.82, 2.24) is 5.32 Å². The minimum Gasteiger partial charge on any atom is -0.349 e. The summed E-state index contributed by atoms with van der Waals surface area (Å²) >= 11 is 3.33. The van der Waals surface area contributed by atoms with Crippen LogP contribution in [0.3, 0.4) is 0 Å². The summed E-state index contributed by atoms with van der Waals surface area (Å²) in [5.74, 6) is 6.12. The third-order valence-corrected chi connectivity index (χ3v) is 2.91. The van der Waals surface area contributed by atoms with E-state index in [-0.39, 0.29) is 5.91 Å². The fraction of sp³-hybridized carbons (Fsp3) is 0.357. The molecule has 0 radical (unpaired) electrons. The molecule has 1 aliphatic carbocycles. The molecule has 1 aliphatic rings. The molecule has 0 aromatic heterocycles. The highest BCUT2D eigenvalue weighted by Crippen LogP contribution is 2.19. The van der Waals surface area contributed by atoms with E-state index in [2.05, 4.69) is 33.1 Å². The van der Waals surface area contributed by atoms with Crippen molar-refractivity contribution in [2.24, 2.45) is 0 Å². The smallest absolute Gasteiger partial charge is 0.251 e. The van der Waals surface area contributed by atoms with Crippen molar-refractivity contribution in [2.45, 2.75) is 25.3 Å². The van der Waals surface area contributed by atoms with Crippen LogP contribution in [-0.2, 0) is 0 Å². The van der Waals surface area contributed by atoms with Gasteiger partial charge in [-0.25, -0.2) is 0 Å². The SMILES string of the molecule is O=C(NC1CC1)c1ccc(C#CCCBr)cc1. The Balaban J connectivity index is 1.97. The van der Waals surface area contributed by atoms with E-state index < -0.39 is 0 Å². The quantitative estimate of drug-likeness (QED) is 0.673. The number of hydrogen-bond acceptors (Lipinski definition) is 1. The van der Waals surface area contributed by atoms with E-state index >= 15 is 0 Å². The van der Waals surface area contributed by atoms with Crippen molar-refractivity contribution in [1.29, 1.82) is 0 Å². The van der Waals surface area contributed by atoms with Gasteiger partial charge in [-0.15, -0.1) is 0 Å². The molecule has 2 nitrogen and oxygen atoms in total. The van der Waals surface area contributed by atoms with Crippen LogP contribution in [0.1, 0.15) is 35.2 Å². The fourth-order valence-electron chi connectivity index (χ4n) is 1.41. The Morgan fingerprint density at radius 2 is 2.06 bits per heavy atom. The Morgan fingerprint density at radius 3 is 2.65 bits per heavy atom. The molecule has 88 valence electrons. The third-order valence-electron chi connectivity index (χ3n) is 2.51. The maximum Gasteiger partial charge on any atom is 0.251 e. The molecule has 0 spiro atoms. The van der Waals surface area contributed by atoms with Crippen LogP contribution in [0, 0.1) is 11.8 Å². The fourth-order valence-corrected chi connectivity index (χ4v) is 1.61. The Hall–Kier alpha value is -1.27. The van der Waals surface area contributed by atoms with Crippen LogP contribution in [0.25, 0.3) is 0 Å². The summed E-state index contributed by atoms with van der Waals surface area (Å²) in [6, 6.07) is 7.85. The summed E-state index contributed by atoms with van der Waals surface area (Å²) < 4.78 is 0. The number of carbonyl (C=O) groups is 1. The van der Waals surface area contributed by atoms with Crippen molar-refractivity contribution in [3.8, 4) is 11.8 Å². The molecule has 1 aromatic rings. The Bertz CT molecular complexity index is 451. The molecule has 17 heavy (non-hydrogen) atoms. The second kappa shape index (κ2) is 5.88. The zero-order valence-corrected chi connectivity index (χ0v) is 11.1. The second-order valence-electron chi connectivity index (χ2n) is 4.07. The average molecular weight is 292 g/mol. The van der Waals surface area contributed by atoms with Gasteiger partial charge in [0, 0.05) is 28.9 Å². The molecule has 0 unspecified atom stereocenters. The van der Waals surface area contributed by atoms with Crippen molar-refractivity contribution >= 4 is 21.8 Å². The van der Waals surface area contributed by atoms with Gasteiger partial charge in [-0.1, -0.05) is 27.8 Å². The molecule has 0 aliphatic heterocycles. The first-order valence-electron chi connectivity index (χ1n) is 5.75. The maximum atomic E-state index is 11.7. The van der Waals surface area contributed by atoms with E-state index in [9.17, 15) is 4.79 Å². The van der Waals surface area contributed by atoms with Crippen LogP contribution >= 0.6 is 15.9 Å². The highest BCUT2D eigenvalue weighted by atomic mass is 79.9. The van der Waals surface area contributed by atoms with Gasteiger partial charge in [0.25, 0.3) is 5.91 Å². The molecular formula is C14H14BrNO. The van der Waals surface area contributed by atoms with Crippen LogP contribution in [0.2, 0.25) is 0 Å². The number of amides is 1. The van der Waals surface area contributed by atoms with Gasteiger partial charge in [0.1, 0.15) is 0 Å². The molecule has 1 fully saturated rings. The summed E-state index contributed by atoms with van der Waals surface area (Å²) in [5.41, 5.74) is 1.66. The molecule has 1 N–H and O–H groups in total. The van der Waals surface area contributed by atoms with Crippen molar-refractivity contribution in [3.63, 3.8) is 0 Å². The van der Waals surface area contributed by atoms with E-state index in [1.807, 2.05) is 24.3 Å². The van der Waals surface area contributed by atoms with Crippen molar-refractivity contribution in [3.05, 3.63) is 35.4 Å². The Morgan fingerprint density at radius 1 is 1.35 bits per heavy atom. The zero-order valence-electron chi connectivity index (χ0n) is 9.50. The number of carbonyl (C=O) groups excluding carboxylic acids is 1. The summed E-state index contributed by atoms with van der Waals surface area (Å²) in [4.78, 5) is 11.7. The number of hydrogen-bond donors (Lipinski definition) is 1. The Kier molecular flexibility index (Phi) is 4.22. The van der Waals surface area contributed by atoms with Crippen LogP contribution in [0.5, 0.6) is 0 Å². The van der Waals surface area contributed by atoms with E-state index in [1.54, 1.807) is 0 Å². The lowest BCUT2D eigenvalue weighted by atomic mass is 10.1. The number of benzene rings is 1. The molecule has 0 saturated heterocycles. The monoisotopic (exact) mass is 291 g/mol. The number of nitrogens with one attached hydrogen (secondary N) is 1. The van der Waals surface area contributed by atoms with Gasteiger partial charge < -0.3 is 5.32 Å². The summed E-state index contributed by atoms with van der Waals surface area (Å²) in [7, 11) is 0. The molecule has 0 heterocycles. The molecule has 1 amide bonds. The molecule has 0 bridgehead atoms. The van der Waals surface area contributed by atoms with Gasteiger partial charge in [0.15, 0.2) is 0 Å². The van der Waals surface area contributed by atoms with Gasteiger partial charge in [0.2, 0.25) is 0 Å². The van der Waals surface area contributed by atoms with Gasteiger partial charge in [-0.3, -0.25) is 4.79 Å². The molecule has 1 aromatic carbocycles. The first kappa shape index (κ1) is 12.2. The normalized spacial score (nSPS) is 13.7. The third kappa shape index (κ3) is 3.90. The lowest BCUT2D eigenvalue weighted by Gasteiger charge is -2.02. The molecule has 2 rings (SSSR count). The van der Waals surface area contributed by atoms with Crippen LogP contribution in [0.15, 0.2) is 24.3 Å². The lowest BCUT2D eigenvalue weighted by molar-refractivity contribution is 0.0951. The van der Waals surface area contributed by atoms with Gasteiger partial charge in [-0.05, 0) is 37.1 Å². The molecule has 0 atom stereocenters. The van der Waals surface area contributed by atoms with E-state index in [4.69, 9.17) is 0 Å². The molecule has 3 heteroatoms. The first-order valence-corrected chi connectivity index (χ1v) is 6.87.